The van der Waals surface area contributed by atoms with Crippen molar-refractivity contribution in [1.29, 1.82) is 0 Å². The highest BCUT2D eigenvalue weighted by atomic mass is 35.5. The van der Waals surface area contributed by atoms with Gasteiger partial charge in [0.05, 0.1) is 14.9 Å². The average molecular weight is 419 g/mol. The van der Waals surface area contributed by atoms with E-state index in [0.717, 1.165) is 17.3 Å². The van der Waals surface area contributed by atoms with Gasteiger partial charge >= 0.3 is 0 Å². The Morgan fingerprint density at radius 3 is 2.50 bits per heavy atom. The molecule has 9 heteroatoms. The summed E-state index contributed by atoms with van der Waals surface area (Å²) >= 11 is 7.15. The van der Waals surface area contributed by atoms with Gasteiger partial charge in [0.2, 0.25) is 0 Å². The first-order chi connectivity index (χ1) is 13.4. The maximum atomic E-state index is 12.1. The Bertz CT molecular complexity index is 975. The molecule has 0 unspecified atom stereocenters. The summed E-state index contributed by atoms with van der Waals surface area (Å²) in [4.78, 5) is 35.6. The lowest BCUT2D eigenvalue weighted by atomic mass is 10.2. The summed E-state index contributed by atoms with van der Waals surface area (Å²) in [6.07, 6.45) is 1.62. The average Bonchev–Trinajstić information content (AvgIpc) is 2.94. The predicted molar refractivity (Wildman–Crippen MR) is 107 cm³/mol. The molecule has 0 aliphatic carbocycles. The molecule has 144 valence electrons. The van der Waals surface area contributed by atoms with E-state index in [1.165, 1.54) is 17.0 Å². The van der Waals surface area contributed by atoms with Gasteiger partial charge in [0.1, 0.15) is 12.4 Å². The molecule has 0 saturated carbocycles. The van der Waals surface area contributed by atoms with Gasteiger partial charge in [-0.1, -0.05) is 17.7 Å². The fourth-order valence-electron chi connectivity index (χ4n) is 2.52. The van der Waals surface area contributed by atoms with Crippen LogP contribution in [0.25, 0.3) is 6.08 Å². The fraction of sp³-hybridized carbons (Fsp3) is 0.158. The Labute approximate surface area is 170 Å². The molecule has 28 heavy (non-hydrogen) atoms. The molecule has 0 atom stereocenters. The Morgan fingerprint density at radius 1 is 1.21 bits per heavy atom. The molecule has 1 aliphatic heterocycles. The lowest BCUT2D eigenvalue weighted by Crippen LogP contribution is -2.27. The van der Waals surface area contributed by atoms with E-state index in [2.05, 4.69) is 0 Å². The highest BCUT2D eigenvalue weighted by Crippen LogP contribution is 2.33. The van der Waals surface area contributed by atoms with Crippen LogP contribution in [0.4, 0.5) is 10.5 Å². The molecule has 1 saturated heterocycles. The molecule has 0 bridgehead atoms. The van der Waals surface area contributed by atoms with Gasteiger partial charge in [-0.25, -0.2) is 0 Å². The number of hydrogen-bond donors (Lipinski definition) is 0. The Morgan fingerprint density at radius 2 is 1.93 bits per heavy atom. The third kappa shape index (κ3) is 4.35. The Balaban J connectivity index is 1.69. The number of halogens is 1. The van der Waals surface area contributed by atoms with Crippen LogP contribution in [-0.4, -0.2) is 27.5 Å². The number of benzene rings is 2. The van der Waals surface area contributed by atoms with Crippen LogP contribution in [0.1, 0.15) is 18.1 Å². The molecule has 0 N–H and O–H groups in total. The van der Waals surface area contributed by atoms with Crippen molar-refractivity contribution in [3.8, 4) is 5.75 Å². The van der Waals surface area contributed by atoms with Gasteiger partial charge in [-0.3, -0.25) is 24.6 Å². The van der Waals surface area contributed by atoms with Crippen LogP contribution in [0, 0.1) is 10.1 Å². The normalized spacial score (nSPS) is 15.4. The molecule has 1 aliphatic rings. The third-order valence-electron chi connectivity index (χ3n) is 3.99. The van der Waals surface area contributed by atoms with Crippen LogP contribution in [0.3, 0.4) is 0 Å². The topological polar surface area (TPSA) is 89.8 Å². The van der Waals surface area contributed by atoms with Gasteiger partial charge in [-0.15, -0.1) is 0 Å². The zero-order chi connectivity index (χ0) is 20.3. The van der Waals surface area contributed by atoms with Crippen molar-refractivity contribution in [1.82, 2.24) is 4.90 Å². The van der Waals surface area contributed by atoms with E-state index in [9.17, 15) is 19.7 Å². The molecule has 2 amide bonds. The van der Waals surface area contributed by atoms with Gasteiger partial charge in [0, 0.05) is 18.7 Å². The first-order valence-corrected chi connectivity index (χ1v) is 9.49. The summed E-state index contributed by atoms with van der Waals surface area (Å²) in [5, 5.41) is 10.7. The number of thioether (sulfide) groups is 1. The van der Waals surface area contributed by atoms with Gasteiger partial charge in [0.15, 0.2) is 0 Å². The summed E-state index contributed by atoms with van der Waals surface area (Å²) in [5.41, 5.74) is 1.45. The van der Waals surface area contributed by atoms with Crippen molar-refractivity contribution in [2.45, 2.75) is 13.5 Å². The molecule has 1 fully saturated rings. The van der Waals surface area contributed by atoms with Gasteiger partial charge in [0.25, 0.3) is 16.8 Å². The lowest BCUT2D eigenvalue weighted by molar-refractivity contribution is -0.384. The largest absolute Gasteiger partial charge is 0.487 e. The number of rotatable bonds is 6. The minimum absolute atomic E-state index is 0.0126. The van der Waals surface area contributed by atoms with E-state index in [1.54, 1.807) is 43.3 Å². The summed E-state index contributed by atoms with van der Waals surface area (Å²) in [6.45, 7) is 2.28. The van der Waals surface area contributed by atoms with E-state index in [0.29, 0.717) is 27.8 Å². The van der Waals surface area contributed by atoms with Crippen LogP contribution in [0.15, 0.2) is 47.4 Å². The van der Waals surface area contributed by atoms with Crippen molar-refractivity contribution in [2.75, 3.05) is 6.54 Å². The molecular formula is C19H15ClN2O5S. The minimum Gasteiger partial charge on any atom is -0.487 e. The van der Waals surface area contributed by atoms with Crippen LogP contribution < -0.4 is 4.74 Å². The molecule has 2 aromatic carbocycles. The summed E-state index contributed by atoms with van der Waals surface area (Å²) in [5.74, 6) is 0.131. The number of nitro groups is 1. The number of carbonyl (C=O) groups excluding carboxylic acids is 2. The number of carbonyl (C=O) groups is 2. The van der Waals surface area contributed by atoms with Gasteiger partial charge in [-0.05, 0) is 60.2 Å². The number of amides is 2. The van der Waals surface area contributed by atoms with Crippen LogP contribution in [0.2, 0.25) is 5.02 Å². The Hall–Kier alpha value is -2.84. The first kappa shape index (κ1) is 19.9. The van der Waals surface area contributed by atoms with Gasteiger partial charge < -0.3 is 4.74 Å². The molecule has 1 heterocycles. The zero-order valence-corrected chi connectivity index (χ0v) is 16.3. The molecule has 7 nitrogen and oxygen atoms in total. The molecule has 0 spiro atoms. The second-order valence-corrected chi connectivity index (χ2v) is 7.23. The second-order valence-electron chi connectivity index (χ2n) is 5.83. The van der Waals surface area contributed by atoms with E-state index in [4.69, 9.17) is 16.3 Å². The highest BCUT2D eigenvalue weighted by molar-refractivity contribution is 8.18. The molecule has 2 aromatic rings. The molecule has 0 radical (unpaired) electrons. The lowest BCUT2D eigenvalue weighted by Gasteiger charge is -2.09. The molecule has 0 aromatic heterocycles. The number of ether oxygens (including phenoxy) is 1. The standard InChI is InChI=1S/C19H15ClN2O5S/c1-2-21-18(23)17(28-19(21)24)10-13-5-8-16(15(20)9-13)27-11-12-3-6-14(7-4-12)22(25)26/h3-10H,2,11H2,1H3. The maximum absolute atomic E-state index is 12.1. The van der Waals surface area contributed by atoms with E-state index >= 15 is 0 Å². The quantitative estimate of drug-likeness (QED) is 0.377. The highest BCUT2D eigenvalue weighted by Gasteiger charge is 2.33. The van der Waals surface area contributed by atoms with Crippen molar-refractivity contribution < 1.29 is 19.2 Å². The van der Waals surface area contributed by atoms with E-state index in [-0.39, 0.29) is 23.4 Å². The van der Waals surface area contributed by atoms with Crippen LogP contribution in [0.5, 0.6) is 5.75 Å². The smallest absolute Gasteiger partial charge is 0.293 e. The summed E-state index contributed by atoms with van der Waals surface area (Å²) in [6, 6.07) is 11.1. The number of non-ortho nitro benzene ring substituents is 1. The SMILES string of the molecule is CCN1C(=O)SC(=Cc2ccc(OCc3ccc([N+](=O)[O-])cc3)c(Cl)c2)C1=O. The zero-order valence-electron chi connectivity index (χ0n) is 14.8. The number of nitro benzene ring substituents is 1. The molecular weight excluding hydrogens is 404 g/mol. The molecule has 3 rings (SSSR count). The van der Waals surface area contributed by atoms with Gasteiger partial charge in [-0.2, -0.15) is 0 Å². The fourth-order valence-corrected chi connectivity index (χ4v) is 3.67. The second kappa shape index (κ2) is 8.45. The Kier molecular flexibility index (Phi) is 6.01. The number of hydrogen-bond acceptors (Lipinski definition) is 6. The minimum atomic E-state index is -0.463. The van der Waals surface area contributed by atoms with Crippen molar-refractivity contribution >= 4 is 46.3 Å². The van der Waals surface area contributed by atoms with Crippen molar-refractivity contribution in [3.63, 3.8) is 0 Å². The van der Waals surface area contributed by atoms with E-state index < -0.39 is 4.92 Å². The van der Waals surface area contributed by atoms with Crippen LogP contribution in [-0.2, 0) is 11.4 Å². The number of nitrogens with zero attached hydrogens (tertiary/aromatic N) is 2. The number of imide groups is 1. The van der Waals surface area contributed by atoms with Crippen LogP contribution >= 0.6 is 23.4 Å². The van der Waals surface area contributed by atoms with Crippen molar-refractivity contribution in [2.24, 2.45) is 0 Å². The number of likely N-dealkylation sites (N-methyl/N-ethyl adjacent to an activating group) is 1. The third-order valence-corrected chi connectivity index (χ3v) is 5.19. The monoisotopic (exact) mass is 418 g/mol. The van der Waals surface area contributed by atoms with E-state index in [1.807, 2.05) is 0 Å². The van der Waals surface area contributed by atoms with Crippen molar-refractivity contribution in [3.05, 3.63) is 73.6 Å². The first-order valence-electron chi connectivity index (χ1n) is 8.30. The summed E-state index contributed by atoms with van der Waals surface area (Å²) < 4.78 is 5.66. The predicted octanol–water partition coefficient (Wildman–Crippen LogP) is 4.88. The summed E-state index contributed by atoms with van der Waals surface area (Å²) in [7, 11) is 0. The maximum Gasteiger partial charge on any atom is 0.293 e.